The Kier molecular flexibility index (Phi) is 9.42. The Hall–Kier alpha value is -0.0800. The predicted molar refractivity (Wildman–Crippen MR) is 62.6 cm³/mol. The molecule has 1 atom stereocenters. The summed E-state index contributed by atoms with van der Waals surface area (Å²) in [5, 5.41) is 8.81. The largest absolute Gasteiger partial charge is 0.396 e. The average Bonchev–Trinajstić information content (AvgIpc) is 2.23. The van der Waals surface area contributed by atoms with Gasteiger partial charge in [0.15, 0.2) is 0 Å². The summed E-state index contributed by atoms with van der Waals surface area (Å²) in [5.74, 6) is 0. The van der Waals surface area contributed by atoms with Crippen LogP contribution >= 0.6 is 0 Å². The third kappa shape index (κ3) is 5.61. The van der Waals surface area contributed by atoms with Crippen LogP contribution in [-0.2, 0) is 0 Å². The minimum Gasteiger partial charge on any atom is -0.396 e. The SMILES string of the molecule is CCCCC(CC)N(CC)CCCO. The van der Waals surface area contributed by atoms with E-state index in [1.54, 1.807) is 0 Å². The van der Waals surface area contributed by atoms with Gasteiger partial charge in [0.25, 0.3) is 0 Å². The van der Waals surface area contributed by atoms with Crippen LogP contribution in [0.25, 0.3) is 0 Å². The third-order valence-electron chi connectivity index (χ3n) is 2.89. The van der Waals surface area contributed by atoms with Crippen molar-refractivity contribution in [1.29, 1.82) is 0 Å². The molecular weight excluding hydrogens is 174 g/mol. The van der Waals surface area contributed by atoms with Crippen molar-refractivity contribution in [1.82, 2.24) is 4.90 Å². The minimum absolute atomic E-state index is 0.320. The van der Waals surface area contributed by atoms with Gasteiger partial charge in [0.2, 0.25) is 0 Å². The van der Waals surface area contributed by atoms with Crippen molar-refractivity contribution in [3.63, 3.8) is 0 Å². The van der Waals surface area contributed by atoms with Gasteiger partial charge in [0.1, 0.15) is 0 Å². The molecule has 0 saturated heterocycles. The van der Waals surface area contributed by atoms with E-state index in [-0.39, 0.29) is 0 Å². The maximum absolute atomic E-state index is 8.81. The summed E-state index contributed by atoms with van der Waals surface area (Å²) in [6, 6.07) is 0.728. The van der Waals surface area contributed by atoms with Crippen LogP contribution in [0.5, 0.6) is 0 Å². The second-order valence-corrected chi connectivity index (χ2v) is 3.91. The van der Waals surface area contributed by atoms with Gasteiger partial charge in [-0.15, -0.1) is 0 Å². The Bertz CT molecular complexity index is 103. The first kappa shape index (κ1) is 13.9. The lowest BCUT2D eigenvalue weighted by molar-refractivity contribution is 0.167. The summed E-state index contributed by atoms with van der Waals surface area (Å²) in [7, 11) is 0. The van der Waals surface area contributed by atoms with Crippen LogP contribution in [0, 0.1) is 0 Å². The number of aliphatic hydroxyl groups excluding tert-OH is 1. The smallest absolute Gasteiger partial charge is 0.0443 e. The van der Waals surface area contributed by atoms with Crippen molar-refractivity contribution in [2.24, 2.45) is 0 Å². The van der Waals surface area contributed by atoms with E-state index in [1.807, 2.05) is 0 Å². The maximum Gasteiger partial charge on any atom is 0.0443 e. The van der Waals surface area contributed by atoms with Crippen molar-refractivity contribution in [3.8, 4) is 0 Å². The number of unbranched alkanes of at least 4 members (excludes halogenated alkanes) is 1. The molecule has 0 fully saturated rings. The van der Waals surface area contributed by atoms with E-state index >= 15 is 0 Å². The van der Waals surface area contributed by atoms with Gasteiger partial charge in [-0.2, -0.15) is 0 Å². The molecule has 0 rings (SSSR count). The number of hydrogen-bond acceptors (Lipinski definition) is 2. The number of nitrogens with zero attached hydrogens (tertiary/aromatic N) is 1. The van der Waals surface area contributed by atoms with Gasteiger partial charge in [0.05, 0.1) is 0 Å². The Morgan fingerprint density at radius 2 is 1.86 bits per heavy atom. The molecule has 0 radical (unpaired) electrons. The normalized spacial score (nSPS) is 13.5. The van der Waals surface area contributed by atoms with E-state index in [0.29, 0.717) is 6.61 Å². The van der Waals surface area contributed by atoms with Gasteiger partial charge >= 0.3 is 0 Å². The number of rotatable bonds is 9. The molecule has 1 unspecified atom stereocenters. The molecule has 0 aliphatic heterocycles. The van der Waals surface area contributed by atoms with Crippen molar-refractivity contribution in [3.05, 3.63) is 0 Å². The van der Waals surface area contributed by atoms with Crippen LogP contribution < -0.4 is 0 Å². The highest BCUT2D eigenvalue weighted by Gasteiger charge is 2.13. The molecule has 0 saturated carbocycles. The molecule has 0 aromatic rings. The van der Waals surface area contributed by atoms with E-state index in [9.17, 15) is 0 Å². The molecule has 0 bridgehead atoms. The van der Waals surface area contributed by atoms with Crippen LogP contribution in [0.15, 0.2) is 0 Å². The molecule has 0 aromatic carbocycles. The Morgan fingerprint density at radius 1 is 1.14 bits per heavy atom. The summed E-state index contributed by atoms with van der Waals surface area (Å²) in [5.41, 5.74) is 0. The first-order chi connectivity index (χ1) is 6.79. The summed E-state index contributed by atoms with van der Waals surface area (Å²) in [6.07, 6.45) is 6.07. The van der Waals surface area contributed by atoms with E-state index in [2.05, 4.69) is 25.7 Å². The van der Waals surface area contributed by atoms with Crippen LogP contribution in [0.4, 0.5) is 0 Å². The standard InChI is InChI=1S/C12H27NO/c1-4-7-9-12(5-2)13(6-3)10-8-11-14/h12,14H,4-11H2,1-3H3. The summed E-state index contributed by atoms with van der Waals surface area (Å²) in [4.78, 5) is 2.51. The van der Waals surface area contributed by atoms with Crippen molar-refractivity contribution >= 4 is 0 Å². The van der Waals surface area contributed by atoms with Crippen LogP contribution in [-0.4, -0.2) is 35.7 Å². The zero-order valence-electron chi connectivity index (χ0n) is 10.1. The molecule has 2 heteroatoms. The molecule has 0 spiro atoms. The molecule has 0 heterocycles. The Balaban J connectivity index is 3.87. The summed E-state index contributed by atoms with van der Waals surface area (Å²) in [6.45, 7) is 9.21. The first-order valence-electron chi connectivity index (χ1n) is 6.14. The fourth-order valence-corrected chi connectivity index (χ4v) is 1.96. The molecule has 0 amide bonds. The van der Waals surface area contributed by atoms with Crippen molar-refractivity contribution in [2.75, 3.05) is 19.7 Å². The summed E-state index contributed by atoms with van der Waals surface area (Å²) < 4.78 is 0. The fraction of sp³-hybridized carbons (Fsp3) is 1.00. The second kappa shape index (κ2) is 9.47. The van der Waals surface area contributed by atoms with E-state index in [0.717, 1.165) is 25.6 Å². The van der Waals surface area contributed by atoms with Crippen LogP contribution in [0.3, 0.4) is 0 Å². The number of aliphatic hydroxyl groups is 1. The molecule has 1 N–H and O–H groups in total. The van der Waals surface area contributed by atoms with Gasteiger partial charge in [-0.3, -0.25) is 0 Å². The van der Waals surface area contributed by atoms with E-state index < -0.39 is 0 Å². The number of hydrogen-bond donors (Lipinski definition) is 1. The maximum atomic E-state index is 8.81. The zero-order chi connectivity index (χ0) is 10.8. The summed E-state index contributed by atoms with van der Waals surface area (Å²) >= 11 is 0. The van der Waals surface area contributed by atoms with Crippen LogP contribution in [0.1, 0.15) is 52.9 Å². The second-order valence-electron chi connectivity index (χ2n) is 3.91. The van der Waals surface area contributed by atoms with E-state index in [4.69, 9.17) is 5.11 Å². The Morgan fingerprint density at radius 3 is 2.29 bits per heavy atom. The van der Waals surface area contributed by atoms with Gasteiger partial charge in [-0.05, 0) is 25.8 Å². The highest BCUT2D eigenvalue weighted by Crippen LogP contribution is 2.12. The molecule has 0 aliphatic carbocycles. The highest BCUT2D eigenvalue weighted by atomic mass is 16.3. The lowest BCUT2D eigenvalue weighted by Gasteiger charge is -2.29. The topological polar surface area (TPSA) is 23.5 Å². The monoisotopic (exact) mass is 201 g/mol. The average molecular weight is 201 g/mol. The van der Waals surface area contributed by atoms with Gasteiger partial charge in [-0.25, -0.2) is 0 Å². The van der Waals surface area contributed by atoms with Gasteiger partial charge < -0.3 is 10.0 Å². The van der Waals surface area contributed by atoms with Crippen molar-refractivity contribution in [2.45, 2.75) is 58.9 Å². The third-order valence-corrected chi connectivity index (χ3v) is 2.89. The molecule has 0 aromatic heterocycles. The molecule has 14 heavy (non-hydrogen) atoms. The minimum atomic E-state index is 0.320. The molecule has 86 valence electrons. The van der Waals surface area contributed by atoms with Gasteiger partial charge in [-0.1, -0.05) is 33.6 Å². The Labute approximate surface area is 89.3 Å². The van der Waals surface area contributed by atoms with Crippen molar-refractivity contribution < 1.29 is 5.11 Å². The lowest BCUT2D eigenvalue weighted by atomic mass is 10.1. The van der Waals surface area contributed by atoms with Gasteiger partial charge in [0, 0.05) is 19.2 Å². The quantitative estimate of drug-likeness (QED) is 0.620. The lowest BCUT2D eigenvalue weighted by Crippen LogP contribution is -2.35. The molecule has 0 aliphatic rings. The zero-order valence-corrected chi connectivity index (χ0v) is 10.1. The van der Waals surface area contributed by atoms with Crippen LogP contribution in [0.2, 0.25) is 0 Å². The molecular formula is C12H27NO. The highest BCUT2D eigenvalue weighted by molar-refractivity contribution is 4.69. The predicted octanol–water partition coefficient (Wildman–Crippen LogP) is 2.66. The molecule has 2 nitrogen and oxygen atoms in total. The van der Waals surface area contributed by atoms with E-state index in [1.165, 1.54) is 25.7 Å². The fourth-order valence-electron chi connectivity index (χ4n) is 1.96. The first-order valence-corrected chi connectivity index (χ1v) is 6.14.